The van der Waals surface area contributed by atoms with Crippen LogP contribution in [0.2, 0.25) is 0 Å². The molecule has 2 N–H and O–H groups in total. The van der Waals surface area contributed by atoms with E-state index in [1.807, 2.05) is 4.90 Å². The molecule has 1 amide bonds. The molecule has 0 bridgehead atoms. The topological polar surface area (TPSA) is 46.3 Å². The van der Waals surface area contributed by atoms with Crippen molar-refractivity contribution in [1.82, 2.24) is 4.90 Å². The van der Waals surface area contributed by atoms with Gasteiger partial charge in [-0.25, -0.2) is 0 Å². The third-order valence-electron chi connectivity index (χ3n) is 3.99. The van der Waals surface area contributed by atoms with Crippen LogP contribution in [0.3, 0.4) is 0 Å². The zero-order chi connectivity index (χ0) is 11.4. The van der Waals surface area contributed by atoms with Gasteiger partial charge in [-0.15, -0.1) is 0 Å². The Morgan fingerprint density at radius 1 is 1.00 bits per heavy atom. The maximum absolute atomic E-state index is 12.3. The average Bonchev–Trinajstić information content (AvgIpc) is 2.63. The van der Waals surface area contributed by atoms with Crippen LogP contribution in [0.25, 0.3) is 0 Å². The Labute approximate surface area is 98.4 Å². The van der Waals surface area contributed by atoms with Gasteiger partial charge in [0.25, 0.3) is 0 Å². The van der Waals surface area contributed by atoms with E-state index in [4.69, 9.17) is 5.73 Å². The quantitative estimate of drug-likeness (QED) is 0.739. The van der Waals surface area contributed by atoms with Gasteiger partial charge in [0.15, 0.2) is 0 Å². The zero-order valence-electron chi connectivity index (χ0n) is 10.2. The van der Waals surface area contributed by atoms with Crippen LogP contribution in [0, 0.1) is 5.92 Å². The highest BCUT2D eigenvalue weighted by molar-refractivity contribution is 5.79. The van der Waals surface area contributed by atoms with Crippen molar-refractivity contribution < 1.29 is 4.79 Å². The number of carbonyl (C=O) groups is 1. The van der Waals surface area contributed by atoms with E-state index >= 15 is 0 Å². The Bertz CT molecular complexity index is 234. The Kier molecular flexibility index (Phi) is 4.22. The summed E-state index contributed by atoms with van der Waals surface area (Å²) in [6, 6.07) is 0.220. The van der Waals surface area contributed by atoms with E-state index < -0.39 is 0 Å². The van der Waals surface area contributed by atoms with Gasteiger partial charge in [-0.1, -0.05) is 32.1 Å². The minimum atomic E-state index is 0.220. The van der Waals surface area contributed by atoms with Crippen LogP contribution >= 0.6 is 0 Å². The van der Waals surface area contributed by atoms with E-state index in [1.54, 1.807) is 0 Å². The van der Waals surface area contributed by atoms with Crippen molar-refractivity contribution in [2.24, 2.45) is 11.7 Å². The Balaban J connectivity index is 1.86. The number of nitrogens with two attached hydrogens (primary N) is 1. The van der Waals surface area contributed by atoms with Crippen LogP contribution < -0.4 is 5.73 Å². The largest absolute Gasteiger partial charge is 0.341 e. The van der Waals surface area contributed by atoms with Crippen molar-refractivity contribution in [1.29, 1.82) is 0 Å². The standard InChI is InChI=1S/C13H24N2O/c14-12-8-9-15(10-12)13(16)11-6-4-2-1-3-5-7-11/h11-12H,1-10,14H2. The van der Waals surface area contributed by atoms with Crippen LogP contribution in [0.15, 0.2) is 0 Å². The Morgan fingerprint density at radius 2 is 1.62 bits per heavy atom. The van der Waals surface area contributed by atoms with Crippen LogP contribution in [-0.2, 0) is 4.79 Å². The summed E-state index contributed by atoms with van der Waals surface area (Å²) in [6.07, 6.45) is 9.63. The average molecular weight is 224 g/mol. The van der Waals surface area contributed by atoms with E-state index in [0.717, 1.165) is 32.4 Å². The van der Waals surface area contributed by atoms with Gasteiger partial charge in [-0.3, -0.25) is 4.79 Å². The highest BCUT2D eigenvalue weighted by Crippen LogP contribution is 2.25. The second-order valence-corrected chi connectivity index (χ2v) is 5.38. The fourth-order valence-electron chi connectivity index (χ4n) is 2.95. The monoisotopic (exact) mass is 224 g/mol. The molecule has 1 saturated heterocycles. The second-order valence-electron chi connectivity index (χ2n) is 5.38. The molecule has 2 fully saturated rings. The van der Waals surface area contributed by atoms with Crippen LogP contribution in [0.1, 0.15) is 51.4 Å². The third-order valence-corrected chi connectivity index (χ3v) is 3.99. The van der Waals surface area contributed by atoms with Crippen LogP contribution in [-0.4, -0.2) is 29.9 Å². The molecule has 3 heteroatoms. The highest BCUT2D eigenvalue weighted by atomic mass is 16.2. The second kappa shape index (κ2) is 5.67. The van der Waals surface area contributed by atoms with Gasteiger partial charge in [0.1, 0.15) is 0 Å². The fourth-order valence-corrected chi connectivity index (χ4v) is 2.95. The van der Waals surface area contributed by atoms with Crippen LogP contribution in [0.5, 0.6) is 0 Å². The summed E-state index contributed by atoms with van der Waals surface area (Å²) >= 11 is 0. The third kappa shape index (κ3) is 2.97. The summed E-state index contributed by atoms with van der Waals surface area (Å²) in [4.78, 5) is 14.3. The van der Waals surface area contributed by atoms with E-state index in [9.17, 15) is 4.79 Å². The molecule has 1 unspecified atom stereocenters. The molecule has 1 saturated carbocycles. The van der Waals surface area contributed by atoms with E-state index in [1.165, 1.54) is 32.1 Å². The summed E-state index contributed by atoms with van der Waals surface area (Å²) in [5.41, 5.74) is 5.85. The van der Waals surface area contributed by atoms with Crippen LogP contribution in [0.4, 0.5) is 0 Å². The van der Waals surface area contributed by atoms with Crippen molar-refractivity contribution in [3.8, 4) is 0 Å². The number of nitrogens with zero attached hydrogens (tertiary/aromatic N) is 1. The first-order valence-electron chi connectivity index (χ1n) is 6.82. The molecule has 16 heavy (non-hydrogen) atoms. The van der Waals surface area contributed by atoms with E-state index in [0.29, 0.717) is 11.8 Å². The first kappa shape index (κ1) is 11.9. The fraction of sp³-hybridized carbons (Fsp3) is 0.923. The van der Waals surface area contributed by atoms with Gasteiger partial charge in [0, 0.05) is 25.0 Å². The number of hydrogen-bond donors (Lipinski definition) is 1. The number of amides is 1. The zero-order valence-corrected chi connectivity index (χ0v) is 10.2. The lowest BCUT2D eigenvalue weighted by molar-refractivity contribution is -0.135. The molecule has 3 nitrogen and oxygen atoms in total. The molecule has 0 aromatic carbocycles. The molecule has 0 aromatic rings. The van der Waals surface area contributed by atoms with Gasteiger partial charge in [-0.2, -0.15) is 0 Å². The predicted octanol–water partition coefficient (Wildman–Crippen LogP) is 1.91. The molecule has 1 aliphatic heterocycles. The van der Waals surface area contributed by atoms with Crippen molar-refractivity contribution in [3.63, 3.8) is 0 Å². The molecule has 1 aliphatic carbocycles. The lowest BCUT2D eigenvalue weighted by Gasteiger charge is -2.24. The molecular weight excluding hydrogens is 200 g/mol. The first-order valence-corrected chi connectivity index (χ1v) is 6.82. The SMILES string of the molecule is NC1CCN(C(=O)C2CCCCCCC2)C1. The minimum absolute atomic E-state index is 0.220. The van der Waals surface area contributed by atoms with Gasteiger partial charge < -0.3 is 10.6 Å². The van der Waals surface area contributed by atoms with Gasteiger partial charge >= 0.3 is 0 Å². The summed E-state index contributed by atoms with van der Waals surface area (Å²) < 4.78 is 0. The molecule has 1 atom stereocenters. The summed E-state index contributed by atoms with van der Waals surface area (Å²) in [5, 5.41) is 0. The molecule has 92 valence electrons. The molecule has 0 spiro atoms. The Morgan fingerprint density at radius 3 is 2.19 bits per heavy atom. The molecule has 1 heterocycles. The van der Waals surface area contributed by atoms with Gasteiger partial charge in [0.05, 0.1) is 0 Å². The summed E-state index contributed by atoms with van der Waals surface area (Å²) in [7, 11) is 0. The van der Waals surface area contributed by atoms with E-state index in [2.05, 4.69) is 0 Å². The first-order chi connectivity index (χ1) is 7.77. The predicted molar refractivity (Wildman–Crippen MR) is 65.0 cm³/mol. The van der Waals surface area contributed by atoms with Crippen molar-refractivity contribution >= 4 is 5.91 Å². The number of hydrogen-bond acceptors (Lipinski definition) is 2. The summed E-state index contributed by atoms with van der Waals surface area (Å²) in [6.45, 7) is 1.67. The van der Waals surface area contributed by atoms with Crippen molar-refractivity contribution in [3.05, 3.63) is 0 Å². The van der Waals surface area contributed by atoms with E-state index in [-0.39, 0.29) is 6.04 Å². The lowest BCUT2D eigenvalue weighted by atomic mass is 9.90. The number of carbonyl (C=O) groups excluding carboxylic acids is 1. The molecule has 2 aliphatic rings. The minimum Gasteiger partial charge on any atom is -0.341 e. The Hall–Kier alpha value is -0.570. The molecule has 2 rings (SSSR count). The highest BCUT2D eigenvalue weighted by Gasteiger charge is 2.29. The normalized spacial score (nSPS) is 28.8. The smallest absolute Gasteiger partial charge is 0.225 e. The maximum atomic E-state index is 12.3. The lowest BCUT2D eigenvalue weighted by Crippen LogP contribution is -2.36. The van der Waals surface area contributed by atoms with Crippen molar-refractivity contribution in [2.45, 2.75) is 57.4 Å². The van der Waals surface area contributed by atoms with Gasteiger partial charge in [0.2, 0.25) is 5.91 Å². The molecule has 0 aromatic heterocycles. The van der Waals surface area contributed by atoms with Gasteiger partial charge in [-0.05, 0) is 19.3 Å². The van der Waals surface area contributed by atoms with Crippen molar-refractivity contribution in [2.75, 3.05) is 13.1 Å². The number of rotatable bonds is 1. The number of likely N-dealkylation sites (tertiary alicyclic amines) is 1. The molecule has 0 radical (unpaired) electrons. The maximum Gasteiger partial charge on any atom is 0.225 e. The molecular formula is C13H24N2O. The summed E-state index contributed by atoms with van der Waals surface area (Å²) in [5.74, 6) is 0.681.